The Morgan fingerprint density at radius 2 is 1.68 bits per heavy atom. The molecule has 0 saturated heterocycles. The summed E-state index contributed by atoms with van der Waals surface area (Å²) in [6.45, 7) is 1.87. The number of benzene rings is 2. The molecule has 3 N–H and O–H groups in total. The summed E-state index contributed by atoms with van der Waals surface area (Å²) in [6, 6.07) is 16.9. The molecule has 40 heavy (non-hydrogen) atoms. The zero-order valence-corrected chi connectivity index (χ0v) is 23.2. The molecule has 0 saturated carbocycles. The Balaban J connectivity index is 1.63. The lowest BCUT2D eigenvalue weighted by Gasteiger charge is -2.17. The maximum atomic E-state index is 12.8. The number of nitrogens with one attached hydrogen (secondary N) is 1. The number of amides is 1. The van der Waals surface area contributed by atoms with Gasteiger partial charge in [0.05, 0.1) is 38.1 Å². The lowest BCUT2D eigenvalue weighted by Crippen LogP contribution is -2.13. The number of aryl methyl sites for hydroxylation is 1. The first-order valence-electron chi connectivity index (χ1n) is 12.1. The number of methoxy groups -OCH3 is 3. The molecule has 0 spiro atoms. The first-order valence-corrected chi connectivity index (χ1v) is 13.1. The number of rotatable bonds is 9. The number of carbonyl (C=O) groups excluding carboxylic acids is 1. The quantitative estimate of drug-likeness (QED) is 0.268. The fourth-order valence-electron chi connectivity index (χ4n) is 4.28. The van der Waals surface area contributed by atoms with E-state index in [4.69, 9.17) is 19.9 Å². The molecule has 11 heteroatoms. The van der Waals surface area contributed by atoms with Crippen LogP contribution < -0.4 is 25.3 Å². The highest BCUT2D eigenvalue weighted by Gasteiger charge is 2.24. The fraction of sp³-hybridized carbons (Fsp3) is 0.207. The highest BCUT2D eigenvalue weighted by atomic mass is 32.2. The van der Waals surface area contributed by atoms with E-state index < -0.39 is 0 Å². The van der Waals surface area contributed by atoms with Crippen LogP contribution in [-0.4, -0.2) is 43.0 Å². The zero-order chi connectivity index (χ0) is 28.8. The van der Waals surface area contributed by atoms with Gasteiger partial charge in [-0.25, -0.2) is 4.98 Å². The minimum absolute atomic E-state index is 0.0315. The summed E-state index contributed by atoms with van der Waals surface area (Å²) in [7, 11) is 4.43. The van der Waals surface area contributed by atoms with E-state index in [9.17, 15) is 15.3 Å². The van der Waals surface area contributed by atoms with Gasteiger partial charge in [-0.15, -0.1) is 11.8 Å². The highest BCUT2D eigenvalue weighted by Crippen LogP contribution is 2.44. The van der Waals surface area contributed by atoms with Gasteiger partial charge in [-0.3, -0.25) is 9.78 Å². The number of aromatic nitrogens is 2. The van der Waals surface area contributed by atoms with Crippen LogP contribution in [0, 0.1) is 29.6 Å². The number of nitrogen functional groups attached to an aromatic ring is 1. The van der Waals surface area contributed by atoms with Gasteiger partial charge in [0.15, 0.2) is 11.5 Å². The lowest BCUT2D eigenvalue weighted by atomic mass is 9.96. The predicted octanol–water partition coefficient (Wildman–Crippen LogP) is 5.08. The first kappa shape index (κ1) is 28.0. The molecule has 2 aromatic carbocycles. The molecule has 0 bridgehead atoms. The van der Waals surface area contributed by atoms with Gasteiger partial charge in [0.25, 0.3) is 0 Å². The Morgan fingerprint density at radius 3 is 2.30 bits per heavy atom. The summed E-state index contributed by atoms with van der Waals surface area (Å²) in [5, 5.41) is 24.1. The molecule has 2 aromatic heterocycles. The smallest absolute Gasteiger partial charge is 0.225 e. The van der Waals surface area contributed by atoms with E-state index in [-0.39, 0.29) is 29.3 Å². The summed E-state index contributed by atoms with van der Waals surface area (Å²) in [6.07, 6.45) is 0.145. The van der Waals surface area contributed by atoms with Crippen molar-refractivity contribution in [2.45, 2.75) is 18.4 Å². The van der Waals surface area contributed by atoms with Gasteiger partial charge in [-0.2, -0.15) is 10.5 Å². The van der Waals surface area contributed by atoms with Crippen LogP contribution in [-0.2, 0) is 4.79 Å². The number of hydrogen-bond donors (Lipinski definition) is 2. The average molecular weight is 555 g/mol. The molecule has 202 valence electrons. The molecule has 0 unspecified atom stereocenters. The van der Waals surface area contributed by atoms with E-state index in [1.165, 1.54) is 33.1 Å². The van der Waals surface area contributed by atoms with Gasteiger partial charge >= 0.3 is 0 Å². The second-order valence-electron chi connectivity index (χ2n) is 8.54. The van der Waals surface area contributed by atoms with Crippen LogP contribution in [0.5, 0.6) is 17.2 Å². The summed E-state index contributed by atoms with van der Waals surface area (Å²) < 4.78 is 16.3. The van der Waals surface area contributed by atoms with Crippen molar-refractivity contribution in [3.63, 3.8) is 0 Å². The maximum Gasteiger partial charge on any atom is 0.225 e. The molecule has 4 aromatic rings. The van der Waals surface area contributed by atoms with Gasteiger partial charge in [0, 0.05) is 28.8 Å². The van der Waals surface area contributed by atoms with Crippen LogP contribution in [0.3, 0.4) is 0 Å². The van der Waals surface area contributed by atoms with Crippen molar-refractivity contribution in [3.05, 3.63) is 59.3 Å². The minimum Gasteiger partial charge on any atom is -0.493 e. The number of nitriles is 2. The average Bonchev–Trinajstić information content (AvgIpc) is 2.95. The van der Waals surface area contributed by atoms with E-state index in [0.29, 0.717) is 44.8 Å². The highest BCUT2D eigenvalue weighted by molar-refractivity contribution is 7.99. The number of nitrogens with two attached hydrogens (primary N) is 1. The van der Waals surface area contributed by atoms with E-state index >= 15 is 0 Å². The van der Waals surface area contributed by atoms with Crippen molar-refractivity contribution >= 4 is 40.1 Å². The molecule has 0 radical (unpaired) electrons. The number of carbonyl (C=O) groups is 1. The molecule has 2 heterocycles. The summed E-state index contributed by atoms with van der Waals surface area (Å²) in [5.74, 6) is 1.15. The van der Waals surface area contributed by atoms with Gasteiger partial charge < -0.3 is 25.3 Å². The van der Waals surface area contributed by atoms with Crippen molar-refractivity contribution in [1.82, 2.24) is 9.97 Å². The van der Waals surface area contributed by atoms with Crippen molar-refractivity contribution in [2.24, 2.45) is 0 Å². The second kappa shape index (κ2) is 12.2. The summed E-state index contributed by atoms with van der Waals surface area (Å²) in [5.41, 5.74) is 9.39. The molecule has 0 aliphatic heterocycles. The Morgan fingerprint density at radius 1 is 1.00 bits per heavy atom. The van der Waals surface area contributed by atoms with Crippen LogP contribution in [0.15, 0.2) is 47.5 Å². The van der Waals surface area contributed by atoms with Gasteiger partial charge in [0.1, 0.15) is 28.5 Å². The molecule has 10 nitrogen and oxygen atoms in total. The molecular formula is C29H26N6O4S. The maximum absolute atomic E-state index is 12.8. The van der Waals surface area contributed by atoms with E-state index in [2.05, 4.69) is 27.4 Å². The van der Waals surface area contributed by atoms with Crippen molar-refractivity contribution in [2.75, 3.05) is 38.1 Å². The normalized spacial score (nSPS) is 10.4. The molecule has 0 aliphatic rings. The SMILES string of the molecule is COc1cc(-c2c(C#N)c(N)nc(SCCC(=O)Nc3cc(C)nc4ccccc34)c2C#N)cc(OC)c1OC. The van der Waals surface area contributed by atoms with Crippen LogP contribution in [0.1, 0.15) is 23.2 Å². The predicted molar refractivity (Wildman–Crippen MR) is 154 cm³/mol. The van der Waals surface area contributed by atoms with Gasteiger partial charge in [0.2, 0.25) is 11.7 Å². The number of ether oxygens (including phenoxy) is 3. The minimum atomic E-state index is -0.201. The van der Waals surface area contributed by atoms with Crippen molar-refractivity contribution in [3.8, 4) is 40.5 Å². The Hall–Kier alpha value is -5.00. The first-order chi connectivity index (χ1) is 19.3. The number of hydrogen-bond acceptors (Lipinski definition) is 10. The van der Waals surface area contributed by atoms with Gasteiger partial charge in [-0.05, 0) is 36.8 Å². The Labute approximate surface area is 235 Å². The van der Waals surface area contributed by atoms with Crippen molar-refractivity contribution in [1.29, 1.82) is 10.5 Å². The fourth-order valence-corrected chi connectivity index (χ4v) is 5.22. The number of thioether (sulfide) groups is 1. The number of para-hydroxylation sites is 1. The molecular weight excluding hydrogens is 528 g/mol. The van der Waals surface area contributed by atoms with Crippen molar-refractivity contribution < 1.29 is 19.0 Å². The van der Waals surface area contributed by atoms with Crippen LogP contribution >= 0.6 is 11.8 Å². The second-order valence-corrected chi connectivity index (χ2v) is 9.62. The largest absolute Gasteiger partial charge is 0.493 e. The number of fused-ring (bicyclic) bond motifs is 1. The summed E-state index contributed by atoms with van der Waals surface area (Å²) in [4.78, 5) is 21.7. The molecule has 0 atom stereocenters. The monoisotopic (exact) mass is 554 g/mol. The Kier molecular flexibility index (Phi) is 8.57. The van der Waals surface area contributed by atoms with Crippen LogP contribution in [0.25, 0.3) is 22.0 Å². The summed E-state index contributed by atoms with van der Waals surface area (Å²) >= 11 is 1.20. The molecule has 4 rings (SSSR count). The van der Waals surface area contributed by atoms with E-state index in [0.717, 1.165) is 16.6 Å². The Bertz CT molecular complexity index is 1670. The van der Waals surface area contributed by atoms with E-state index in [1.54, 1.807) is 12.1 Å². The third-order valence-corrected chi connectivity index (χ3v) is 7.03. The number of nitrogens with zero attached hydrogens (tertiary/aromatic N) is 4. The molecule has 1 amide bonds. The molecule has 0 aliphatic carbocycles. The van der Waals surface area contributed by atoms with Crippen LogP contribution in [0.4, 0.5) is 11.5 Å². The van der Waals surface area contributed by atoms with E-state index in [1.807, 2.05) is 37.3 Å². The standard InChI is InChI=1S/C29H26N6O4S/c1-16-11-22(18-7-5-6-8-21(18)33-16)34-25(36)9-10-40-29-20(15-31)26(19(14-30)28(32)35-29)17-12-23(37-2)27(39-4)24(13-17)38-3/h5-8,11-13H,9-10H2,1-4H3,(H2,32,35)(H,33,34,36). The lowest BCUT2D eigenvalue weighted by molar-refractivity contribution is -0.115. The third-order valence-electron chi connectivity index (χ3n) is 6.06. The van der Waals surface area contributed by atoms with Crippen LogP contribution in [0.2, 0.25) is 0 Å². The zero-order valence-electron chi connectivity index (χ0n) is 22.4. The topological polar surface area (TPSA) is 156 Å². The van der Waals surface area contributed by atoms with Gasteiger partial charge in [-0.1, -0.05) is 18.2 Å². The number of pyridine rings is 2. The molecule has 0 fully saturated rings. The third kappa shape index (κ3) is 5.55. The number of anilines is 2.